The second-order valence-corrected chi connectivity index (χ2v) is 6.22. The van der Waals surface area contributed by atoms with E-state index in [9.17, 15) is 9.59 Å². The van der Waals surface area contributed by atoms with Gasteiger partial charge in [-0.05, 0) is 48.4 Å². The zero-order valence-corrected chi connectivity index (χ0v) is 15.6. The molecule has 0 unspecified atom stereocenters. The number of ether oxygens (including phenoxy) is 2. The number of hydrogen-bond acceptors (Lipinski definition) is 4. The Morgan fingerprint density at radius 3 is 2.00 bits per heavy atom. The second-order valence-electron chi connectivity index (χ2n) is 5.79. The molecule has 1 amide bonds. The molecule has 2 aromatic rings. The lowest BCUT2D eigenvalue weighted by Crippen LogP contribution is -2.25. The van der Waals surface area contributed by atoms with Crippen LogP contribution >= 0.6 is 11.6 Å². The summed E-state index contributed by atoms with van der Waals surface area (Å²) in [5, 5.41) is 11.9. The van der Waals surface area contributed by atoms with Crippen molar-refractivity contribution in [3.63, 3.8) is 0 Å². The molecule has 0 heterocycles. The third kappa shape index (κ3) is 8.46. The van der Waals surface area contributed by atoms with Crippen LogP contribution < -0.4 is 14.8 Å². The van der Waals surface area contributed by atoms with E-state index >= 15 is 0 Å². The van der Waals surface area contributed by atoms with E-state index in [-0.39, 0.29) is 18.7 Å². The molecule has 27 heavy (non-hydrogen) atoms. The van der Waals surface area contributed by atoms with Crippen molar-refractivity contribution in [2.75, 3.05) is 19.8 Å². The van der Waals surface area contributed by atoms with Gasteiger partial charge in [0.15, 0.2) is 0 Å². The predicted molar refractivity (Wildman–Crippen MR) is 102 cm³/mol. The van der Waals surface area contributed by atoms with Crippen molar-refractivity contribution in [2.24, 2.45) is 0 Å². The fourth-order valence-corrected chi connectivity index (χ4v) is 2.38. The maximum absolute atomic E-state index is 11.4. The van der Waals surface area contributed by atoms with Gasteiger partial charge in [0.2, 0.25) is 5.91 Å². The van der Waals surface area contributed by atoms with Crippen molar-refractivity contribution in [2.45, 2.75) is 19.3 Å². The van der Waals surface area contributed by atoms with E-state index in [0.29, 0.717) is 31.2 Å². The molecule has 0 saturated carbocycles. The third-order valence-electron chi connectivity index (χ3n) is 3.66. The number of carboxylic acid groups (broad SMARTS) is 1. The van der Waals surface area contributed by atoms with Crippen molar-refractivity contribution < 1.29 is 24.2 Å². The van der Waals surface area contributed by atoms with Gasteiger partial charge in [0.1, 0.15) is 24.7 Å². The molecule has 144 valence electrons. The number of hydrogen-bond donors (Lipinski definition) is 2. The van der Waals surface area contributed by atoms with Crippen LogP contribution in [0.2, 0.25) is 5.02 Å². The Hall–Kier alpha value is -2.73. The largest absolute Gasteiger partial charge is 0.490 e. The van der Waals surface area contributed by atoms with Crippen LogP contribution in [0, 0.1) is 0 Å². The molecule has 6 nitrogen and oxygen atoms in total. The molecule has 0 spiro atoms. The van der Waals surface area contributed by atoms with Gasteiger partial charge in [-0.1, -0.05) is 23.7 Å². The SMILES string of the molecule is O=C(O)CCC(=O)NCCc1ccc(OCCOc2ccc(Cl)cc2)cc1. The van der Waals surface area contributed by atoms with Crippen molar-refractivity contribution in [1.29, 1.82) is 0 Å². The summed E-state index contributed by atoms with van der Waals surface area (Å²) in [4.78, 5) is 21.8. The maximum atomic E-state index is 11.4. The molecule has 0 aliphatic rings. The molecular formula is C20H22ClNO5. The number of nitrogens with one attached hydrogen (secondary N) is 1. The predicted octanol–water partition coefficient (Wildman–Crippen LogP) is 3.32. The molecule has 0 saturated heterocycles. The van der Waals surface area contributed by atoms with Crippen LogP contribution in [-0.2, 0) is 16.0 Å². The molecule has 7 heteroatoms. The van der Waals surface area contributed by atoms with E-state index in [2.05, 4.69) is 5.32 Å². The summed E-state index contributed by atoms with van der Waals surface area (Å²) < 4.78 is 11.2. The second kappa shape index (κ2) is 11.1. The first-order valence-electron chi connectivity index (χ1n) is 8.61. The highest BCUT2D eigenvalue weighted by atomic mass is 35.5. The van der Waals surface area contributed by atoms with Crippen LogP contribution in [0.4, 0.5) is 0 Å². The summed E-state index contributed by atoms with van der Waals surface area (Å²) in [7, 11) is 0. The first kappa shape index (κ1) is 20.6. The highest BCUT2D eigenvalue weighted by molar-refractivity contribution is 6.30. The van der Waals surface area contributed by atoms with Gasteiger partial charge in [-0.2, -0.15) is 0 Å². The van der Waals surface area contributed by atoms with Crippen LogP contribution in [0.15, 0.2) is 48.5 Å². The molecule has 2 aromatic carbocycles. The molecule has 0 atom stereocenters. The summed E-state index contributed by atoms with van der Waals surface area (Å²) >= 11 is 5.82. The Labute approximate surface area is 163 Å². The van der Waals surface area contributed by atoms with Crippen LogP contribution in [0.1, 0.15) is 18.4 Å². The summed E-state index contributed by atoms with van der Waals surface area (Å²) in [6.07, 6.45) is 0.512. The van der Waals surface area contributed by atoms with Crippen molar-refractivity contribution in [3.05, 3.63) is 59.1 Å². The number of halogens is 1. The highest BCUT2D eigenvalue weighted by Crippen LogP contribution is 2.16. The van der Waals surface area contributed by atoms with Crippen molar-refractivity contribution in [1.82, 2.24) is 5.32 Å². The highest BCUT2D eigenvalue weighted by Gasteiger charge is 2.04. The quantitative estimate of drug-likeness (QED) is 0.574. The minimum Gasteiger partial charge on any atom is -0.490 e. The van der Waals surface area contributed by atoms with Gasteiger partial charge in [0.05, 0.1) is 6.42 Å². The van der Waals surface area contributed by atoms with Gasteiger partial charge < -0.3 is 19.9 Å². The Morgan fingerprint density at radius 2 is 1.44 bits per heavy atom. The lowest BCUT2D eigenvalue weighted by Gasteiger charge is -2.09. The van der Waals surface area contributed by atoms with E-state index in [1.54, 1.807) is 24.3 Å². The number of rotatable bonds is 11. The lowest BCUT2D eigenvalue weighted by atomic mass is 10.1. The van der Waals surface area contributed by atoms with E-state index in [1.807, 2.05) is 24.3 Å². The summed E-state index contributed by atoms with van der Waals surface area (Å²) in [6, 6.07) is 14.7. The average molecular weight is 392 g/mol. The van der Waals surface area contributed by atoms with Crippen LogP contribution in [0.25, 0.3) is 0 Å². The Kier molecular flexibility index (Phi) is 8.45. The number of benzene rings is 2. The van der Waals surface area contributed by atoms with E-state index in [4.69, 9.17) is 26.2 Å². The Balaban J connectivity index is 1.62. The maximum Gasteiger partial charge on any atom is 0.303 e. The molecule has 2 rings (SSSR count). The Bertz CT molecular complexity index is 731. The molecule has 0 aliphatic carbocycles. The smallest absolute Gasteiger partial charge is 0.303 e. The van der Waals surface area contributed by atoms with E-state index in [1.165, 1.54) is 0 Å². The van der Waals surface area contributed by atoms with Crippen LogP contribution in [0.3, 0.4) is 0 Å². The van der Waals surface area contributed by atoms with Gasteiger partial charge in [0.25, 0.3) is 0 Å². The fourth-order valence-electron chi connectivity index (χ4n) is 2.26. The molecule has 2 N–H and O–H groups in total. The van der Waals surface area contributed by atoms with Gasteiger partial charge in [-0.3, -0.25) is 9.59 Å². The molecule has 0 bridgehead atoms. The molecule has 0 fully saturated rings. The summed E-state index contributed by atoms with van der Waals surface area (Å²) in [5.74, 6) is 0.255. The number of carboxylic acids is 1. The van der Waals surface area contributed by atoms with Gasteiger partial charge >= 0.3 is 5.97 Å². The van der Waals surface area contributed by atoms with Crippen molar-refractivity contribution >= 4 is 23.5 Å². The van der Waals surface area contributed by atoms with E-state index in [0.717, 1.165) is 17.1 Å². The molecule has 0 radical (unpaired) electrons. The summed E-state index contributed by atoms with van der Waals surface area (Å²) in [6.45, 7) is 1.31. The van der Waals surface area contributed by atoms with E-state index < -0.39 is 5.97 Å². The zero-order chi connectivity index (χ0) is 19.5. The van der Waals surface area contributed by atoms with Gasteiger partial charge in [0, 0.05) is 18.0 Å². The topological polar surface area (TPSA) is 84.9 Å². The third-order valence-corrected chi connectivity index (χ3v) is 3.91. The minimum atomic E-state index is -0.973. The molecular weight excluding hydrogens is 370 g/mol. The van der Waals surface area contributed by atoms with Gasteiger partial charge in [-0.15, -0.1) is 0 Å². The Morgan fingerprint density at radius 1 is 0.889 bits per heavy atom. The number of carbonyl (C=O) groups excluding carboxylic acids is 1. The minimum absolute atomic E-state index is 0.000201. The average Bonchev–Trinajstić information content (AvgIpc) is 2.66. The van der Waals surface area contributed by atoms with Gasteiger partial charge in [-0.25, -0.2) is 0 Å². The number of aliphatic carboxylic acids is 1. The van der Waals surface area contributed by atoms with Crippen LogP contribution in [0.5, 0.6) is 11.5 Å². The molecule has 0 aliphatic heterocycles. The van der Waals surface area contributed by atoms with Crippen LogP contribution in [-0.4, -0.2) is 36.7 Å². The zero-order valence-electron chi connectivity index (χ0n) is 14.8. The molecule has 0 aromatic heterocycles. The first-order chi connectivity index (χ1) is 13.0. The lowest BCUT2D eigenvalue weighted by molar-refractivity contribution is -0.138. The van der Waals surface area contributed by atoms with Crippen molar-refractivity contribution in [3.8, 4) is 11.5 Å². The normalized spacial score (nSPS) is 10.3. The first-order valence-corrected chi connectivity index (χ1v) is 8.99. The monoisotopic (exact) mass is 391 g/mol. The number of carbonyl (C=O) groups is 2. The number of amides is 1. The summed E-state index contributed by atoms with van der Waals surface area (Å²) in [5.41, 5.74) is 1.05. The fraction of sp³-hybridized carbons (Fsp3) is 0.300. The standard InChI is InChI=1S/C20H22ClNO5/c21-16-3-7-18(8-4-16)27-14-13-26-17-5-1-15(2-6-17)11-12-22-19(23)9-10-20(24)25/h1-8H,9-14H2,(H,22,23)(H,24,25).